The van der Waals surface area contributed by atoms with Crippen LogP contribution in [0, 0.1) is 11.8 Å². The maximum atomic E-state index is 11.7. The van der Waals surface area contributed by atoms with Crippen molar-refractivity contribution >= 4 is 5.91 Å². The minimum atomic E-state index is 0.275. The summed E-state index contributed by atoms with van der Waals surface area (Å²) in [5, 5.41) is 3.22. The summed E-state index contributed by atoms with van der Waals surface area (Å²) >= 11 is 0. The molecule has 2 fully saturated rings. The molecule has 0 spiro atoms. The van der Waals surface area contributed by atoms with Crippen molar-refractivity contribution in [3.8, 4) is 0 Å². The topological polar surface area (TPSA) is 32.3 Å². The van der Waals surface area contributed by atoms with Crippen LogP contribution in [0.3, 0.4) is 0 Å². The molecule has 2 heterocycles. The van der Waals surface area contributed by atoms with Crippen LogP contribution in [0.2, 0.25) is 0 Å². The van der Waals surface area contributed by atoms with Crippen molar-refractivity contribution in [2.24, 2.45) is 11.8 Å². The van der Waals surface area contributed by atoms with E-state index >= 15 is 0 Å². The van der Waals surface area contributed by atoms with Gasteiger partial charge < -0.3 is 10.2 Å². The van der Waals surface area contributed by atoms with Crippen molar-refractivity contribution in [3.05, 3.63) is 0 Å². The molecular weight excluding hydrogens is 152 g/mol. The average Bonchev–Trinajstić information content (AvgIpc) is 2.49. The van der Waals surface area contributed by atoms with Crippen molar-refractivity contribution in [2.75, 3.05) is 26.2 Å². The quantitative estimate of drug-likeness (QED) is 0.601. The third-order valence-electron chi connectivity index (χ3n) is 2.79. The van der Waals surface area contributed by atoms with Crippen LogP contribution in [0.4, 0.5) is 0 Å². The Labute approximate surface area is 73.1 Å². The summed E-state index contributed by atoms with van der Waals surface area (Å²) < 4.78 is 0. The van der Waals surface area contributed by atoms with Crippen molar-refractivity contribution in [1.29, 1.82) is 0 Å². The van der Waals surface area contributed by atoms with E-state index in [1.165, 1.54) is 0 Å². The second-order valence-corrected chi connectivity index (χ2v) is 4.04. The maximum absolute atomic E-state index is 11.7. The fourth-order valence-corrected chi connectivity index (χ4v) is 2.00. The summed E-state index contributed by atoms with van der Waals surface area (Å²) in [5.41, 5.74) is 0. The van der Waals surface area contributed by atoms with Gasteiger partial charge in [0.1, 0.15) is 0 Å². The van der Waals surface area contributed by atoms with E-state index < -0.39 is 0 Å². The van der Waals surface area contributed by atoms with Gasteiger partial charge in [0.15, 0.2) is 0 Å². The highest BCUT2D eigenvalue weighted by Gasteiger charge is 2.33. The Morgan fingerprint density at radius 1 is 1.50 bits per heavy atom. The second kappa shape index (κ2) is 3.05. The number of amides is 1. The van der Waals surface area contributed by atoms with Crippen LogP contribution in [0.15, 0.2) is 0 Å². The van der Waals surface area contributed by atoms with E-state index in [-0.39, 0.29) is 5.92 Å². The fraction of sp³-hybridized carbons (Fsp3) is 0.889. The van der Waals surface area contributed by atoms with E-state index in [4.69, 9.17) is 0 Å². The molecule has 2 saturated heterocycles. The molecule has 68 valence electrons. The zero-order chi connectivity index (χ0) is 8.55. The first-order valence-corrected chi connectivity index (χ1v) is 4.77. The predicted octanol–water partition coefficient (Wildman–Crippen LogP) is 0.0742. The number of carbonyl (C=O) groups is 1. The maximum Gasteiger partial charge on any atom is 0.227 e. The molecule has 0 bridgehead atoms. The Morgan fingerprint density at radius 3 is 2.75 bits per heavy atom. The van der Waals surface area contributed by atoms with E-state index in [1.807, 2.05) is 4.90 Å². The molecule has 2 rings (SSSR count). The molecule has 2 aliphatic heterocycles. The fourth-order valence-electron chi connectivity index (χ4n) is 2.00. The average molecular weight is 168 g/mol. The number of nitrogens with zero attached hydrogens (tertiary/aromatic N) is 1. The van der Waals surface area contributed by atoms with Gasteiger partial charge in [0.05, 0.1) is 5.92 Å². The Morgan fingerprint density at radius 2 is 2.25 bits per heavy atom. The minimum absolute atomic E-state index is 0.275. The molecular formula is C9H16N2O. The van der Waals surface area contributed by atoms with E-state index in [2.05, 4.69) is 12.2 Å². The van der Waals surface area contributed by atoms with Gasteiger partial charge >= 0.3 is 0 Å². The summed E-state index contributed by atoms with van der Waals surface area (Å²) in [6, 6.07) is 0. The first-order chi connectivity index (χ1) is 5.77. The van der Waals surface area contributed by atoms with Crippen molar-refractivity contribution in [3.63, 3.8) is 0 Å². The monoisotopic (exact) mass is 168 g/mol. The molecule has 0 saturated carbocycles. The van der Waals surface area contributed by atoms with Crippen LogP contribution in [-0.2, 0) is 4.79 Å². The van der Waals surface area contributed by atoms with Gasteiger partial charge in [0, 0.05) is 19.6 Å². The minimum Gasteiger partial charge on any atom is -0.342 e. The van der Waals surface area contributed by atoms with Crippen LogP contribution >= 0.6 is 0 Å². The van der Waals surface area contributed by atoms with Crippen LogP contribution < -0.4 is 5.32 Å². The van der Waals surface area contributed by atoms with E-state index in [1.54, 1.807) is 0 Å². The summed E-state index contributed by atoms with van der Waals surface area (Å²) in [6.07, 6.45) is 1.03. The Hall–Kier alpha value is -0.570. The van der Waals surface area contributed by atoms with Crippen LogP contribution in [0.1, 0.15) is 13.3 Å². The Bertz CT molecular complexity index is 181. The van der Waals surface area contributed by atoms with Gasteiger partial charge in [-0.15, -0.1) is 0 Å². The Kier molecular flexibility index (Phi) is 2.05. The largest absolute Gasteiger partial charge is 0.342 e. The van der Waals surface area contributed by atoms with Gasteiger partial charge in [-0.05, 0) is 18.9 Å². The van der Waals surface area contributed by atoms with Crippen LogP contribution in [0.5, 0.6) is 0 Å². The lowest BCUT2D eigenvalue weighted by molar-refractivity contribution is -0.140. The third-order valence-corrected chi connectivity index (χ3v) is 2.79. The molecule has 0 aromatic rings. The Balaban J connectivity index is 1.83. The van der Waals surface area contributed by atoms with E-state index in [0.29, 0.717) is 5.91 Å². The van der Waals surface area contributed by atoms with Crippen LogP contribution in [0.25, 0.3) is 0 Å². The molecule has 0 unspecified atom stereocenters. The summed E-state index contributed by atoms with van der Waals surface area (Å²) in [4.78, 5) is 13.6. The van der Waals surface area contributed by atoms with Crippen LogP contribution in [-0.4, -0.2) is 37.0 Å². The molecule has 0 aliphatic carbocycles. The standard InChI is InChI=1S/C9H16N2O/c1-7-5-11(6-7)9(12)8-2-3-10-4-8/h7-8,10H,2-6H2,1H3/t8-/m0/s1. The zero-order valence-corrected chi connectivity index (χ0v) is 7.55. The number of nitrogens with one attached hydrogen (secondary N) is 1. The predicted molar refractivity (Wildman–Crippen MR) is 46.7 cm³/mol. The van der Waals surface area contributed by atoms with Gasteiger partial charge in [-0.25, -0.2) is 0 Å². The lowest BCUT2D eigenvalue weighted by Gasteiger charge is -2.38. The number of likely N-dealkylation sites (tertiary alicyclic amines) is 1. The highest BCUT2D eigenvalue weighted by Crippen LogP contribution is 2.19. The molecule has 0 aromatic heterocycles. The second-order valence-electron chi connectivity index (χ2n) is 4.04. The van der Waals surface area contributed by atoms with E-state index in [0.717, 1.165) is 38.5 Å². The zero-order valence-electron chi connectivity index (χ0n) is 7.55. The molecule has 0 aromatic carbocycles. The first-order valence-electron chi connectivity index (χ1n) is 4.77. The summed E-state index contributed by atoms with van der Waals surface area (Å²) in [6.45, 7) is 6.06. The molecule has 1 atom stereocenters. The molecule has 1 amide bonds. The SMILES string of the molecule is CC1CN(C(=O)[C@H]2CCNC2)C1. The smallest absolute Gasteiger partial charge is 0.227 e. The molecule has 3 nitrogen and oxygen atoms in total. The summed E-state index contributed by atoms with van der Waals surface area (Å²) in [5.74, 6) is 1.37. The number of hydrogen-bond donors (Lipinski definition) is 1. The van der Waals surface area contributed by atoms with Gasteiger partial charge in [-0.3, -0.25) is 4.79 Å². The molecule has 0 radical (unpaired) electrons. The number of carbonyl (C=O) groups excluding carboxylic acids is 1. The lowest BCUT2D eigenvalue weighted by Crippen LogP contribution is -2.51. The first kappa shape index (κ1) is 8.05. The molecule has 12 heavy (non-hydrogen) atoms. The molecule has 2 aliphatic rings. The molecule has 3 heteroatoms. The van der Waals surface area contributed by atoms with Gasteiger partial charge in [-0.1, -0.05) is 6.92 Å². The van der Waals surface area contributed by atoms with Crippen molar-refractivity contribution in [2.45, 2.75) is 13.3 Å². The summed E-state index contributed by atoms with van der Waals surface area (Å²) in [7, 11) is 0. The highest BCUT2D eigenvalue weighted by molar-refractivity contribution is 5.80. The van der Waals surface area contributed by atoms with E-state index in [9.17, 15) is 4.79 Å². The lowest BCUT2D eigenvalue weighted by atomic mass is 9.99. The molecule has 1 N–H and O–H groups in total. The van der Waals surface area contributed by atoms with Crippen molar-refractivity contribution in [1.82, 2.24) is 10.2 Å². The van der Waals surface area contributed by atoms with Gasteiger partial charge in [0.2, 0.25) is 5.91 Å². The third kappa shape index (κ3) is 1.33. The normalized spacial score (nSPS) is 30.4. The van der Waals surface area contributed by atoms with Gasteiger partial charge in [0.25, 0.3) is 0 Å². The van der Waals surface area contributed by atoms with Crippen molar-refractivity contribution < 1.29 is 4.79 Å². The highest BCUT2D eigenvalue weighted by atomic mass is 16.2. The van der Waals surface area contributed by atoms with Gasteiger partial charge in [-0.2, -0.15) is 0 Å². The number of rotatable bonds is 1. The number of hydrogen-bond acceptors (Lipinski definition) is 2.